The lowest BCUT2D eigenvalue weighted by molar-refractivity contribution is -0.129. The highest BCUT2D eigenvalue weighted by Crippen LogP contribution is 2.26. The molecule has 100 valence electrons. The number of piperazine rings is 1. The average molecular weight is 277 g/mol. The van der Waals surface area contributed by atoms with E-state index in [0.29, 0.717) is 6.54 Å². The van der Waals surface area contributed by atoms with Gasteiger partial charge >= 0.3 is 0 Å². The Balaban J connectivity index is 1.72. The molecule has 3 rings (SSSR count). The SMILES string of the molecule is O=C1NCCN(CCn2cncn2)[C@H]1c1cccs1. The van der Waals surface area contributed by atoms with E-state index in [1.165, 1.54) is 6.33 Å². The maximum atomic E-state index is 12.1. The van der Waals surface area contributed by atoms with E-state index >= 15 is 0 Å². The normalized spacial score (nSPS) is 20.4. The van der Waals surface area contributed by atoms with Crippen LogP contribution in [-0.2, 0) is 11.3 Å². The first-order chi connectivity index (χ1) is 9.34. The van der Waals surface area contributed by atoms with Crippen LogP contribution in [-0.4, -0.2) is 45.2 Å². The molecule has 0 aromatic carbocycles. The van der Waals surface area contributed by atoms with Gasteiger partial charge in [-0.3, -0.25) is 14.4 Å². The van der Waals surface area contributed by atoms with E-state index in [-0.39, 0.29) is 11.9 Å². The maximum Gasteiger partial charge on any atom is 0.242 e. The molecule has 0 aliphatic carbocycles. The molecule has 1 atom stereocenters. The third kappa shape index (κ3) is 2.66. The lowest BCUT2D eigenvalue weighted by atomic mass is 10.1. The predicted octanol–water partition coefficient (Wildman–Crippen LogP) is 0.513. The van der Waals surface area contributed by atoms with Crippen molar-refractivity contribution in [2.24, 2.45) is 0 Å². The van der Waals surface area contributed by atoms with Crippen molar-refractivity contribution in [3.05, 3.63) is 35.0 Å². The fraction of sp³-hybridized carbons (Fsp3) is 0.417. The van der Waals surface area contributed by atoms with E-state index in [0.717, 1.165) is 24.5 Å². The van der Waals surface area contributed by atoms with E-state index < -0.39 is 0 Å². The van der Waals surface area contributed by atoms with Gasteiger partial charge in [0.05, 0.1) is 6.54 Å². The summed E-state index contributed by atoms with van der Waals surface area (Å²) in [6.07, 6.45) is 3.23. The van der Waals surface area contributed by atoms with Gasteiger partial charge in [-0.25, -0.2) is 4.98 Å². The number of aromatic nitrogens is 3. The van der Waals surface area contributed by atoms with Crippen LogP contribution >= 0.6 is 11.3 Å². The monoisotopic (exact) mass is 277 g/mol. The van der Waals surface area contributed by atoms with Crippen LogP contribution in [0.5, 0.6) is 0 Å². The van der Waals surface area contributed by atoms with Gasteiger partial charge in [0, 0.05) is 24.5 Å². The van der Waals surface area contributed by atoms with Gasteiger partial charge < -0.3 is 5.32 Å². The molecule has 7 heteroatoms. The second-order valence-corrected chi connectivity index (χ2v) is 5.38. The number of thiophene rings is 1. The number of nitrogens with one attached hydrogen (secondary N) is 1. The Morgan fingerprint density at radius 3 is 3.16 bits per heavy atom. The van der Waals surface area contributed by atoms with E-state index in [1.54, 1.807) is 22.3 Å². The van der Waals surface area contributed by atoms with E-state index in [1.807, 2.05) is 17.5 Å². The van der Waals surface area contributed by atoms with Crippen molar-refractivity contribution in [1.29, 1.82) is 0 Å². The maximum absolute atomic E-state index is 12.1. The first-order valence-corrected chi connectivity index (χ1v) is 7.10. The van der Waals surface area contributed by atoms with Crippen LogP contribution in [0.15, 0.2) is 30.2 Å². The summed E-state index contributed by atoms with van der Waals surface area (Å²) in [4.78, 5) is 19.3. The molecule has 0 spiro atoms. The summed E-state index contributed by atoms with van der Waals surface area (Å²) in [6, 6.07) is 3.83. The highest BCUT2D eigenvalue weighted by Gasteiger charge is 2.31. The quantitative estimate of drug-likeness (QED) is 0.884. The molecule has 1 aliphatic heterocycles. The lowest BCUT2D eigenvalue weighted by Gasteiger charge is -2.34. The second-order valence-electron chi connectivity index (χ2n) is 4.40. The molecule has 2 aromatic heterocycles. The van der Waals surface area contributed by atoms with Crippen LogP contribution in [0.3, 0.4) is 0 Å². The summed E-state index contributed by atoms with van der Waals surface area (Å²) in [5.74, 6) is 0.0901. The number of nitrogens with zero attached hydrogens (tertiary/aromatic N) is 4. The van der Waals surface area contributed by atoms with Crippen molar-refractivity contribution in [3.8, 4) is 0 Å². The molecule has 1 N–H and O–H groups in total. The molecule has 0 unspecified atom stereocenters. The molecule has 0 radical (unpaired) electrons. The van der Waals surface area contributed by atoms with Crippen molar-refractivity contribution in [3.63, 3.8) is 0 Å². The van der Waals surface area contributed by atoms with Gasteiger partial charge in [0.15, 0.2) is 0 Å². The van der Waals surface area contributed by atoms with Gasteiger partial charge in [-0.2, -0.15) is 5.10 Å². The molecule has 1 aliphatic rings. The molecule has 2 aromatic rings. The smallest absolute Gasteiger partial charge is 0.242 e. The fourth-order valence-electron chi connectivity index (χ4n) is 2.29. The first-order valence-electron chi connectivity index (χ1n) is 6.22. The summed E-state index contributed by atoms with van der Waals surface area (Å²) in [7, 11) is 0. The molecule has 1 saturated heterocycles. The minimum Gasteiger partial charge on any atom is -0.353 e. The lowest BCUT2D eigenvalue weighted by Crippen LogP contribution is -2.50. The molecule has 0 bridgehead atoms. The van der Waals surface area contributed by atoms with Gasteiger partial charge in [-0.1, -0.05) is 6.07 Å². The van der Waals surface area contributed by atoms with Crippen LogP contribution in [0, 0.1) is 0 Å². The zero-order chi connectivity index (χ0) is 13.1. The van der Waals surface area contributed by atoms with Crippen molar-refractivity contribution in [2.75, 3.05) is 19.6 Å². The van der Waals surface area contributed by atoms with Gasteiger partial charge in [0.25, 0.3) is 0 Å². The van der Waals surface area contributed by atoms with Crippen molar-refractivity contribution < 1.29 is 4.79 Å². The Bertz CT molecular complexity index is 524. The van der Waals surface area contributed by atoms with Crippen molar-refractivity contribution in [1.82, 2.24) is 25.0 Å². The minimum atomic E-state index is -0.169. The molecule has 19 heavy (non-hydrogen) atoms. The largest absolute Gasteiger partial charge is 0.353 e. The Morgan fingerprint density at radius 1 is 1.47 bits per heavy atom. The zero-order valence-electron chi connectivity index (χ0n) is 10.4. The van der Waals surface area contributed by atoms with Crippen LogP contribution in [0.1, 0.15) is 10.9 Å². The summed E-state index contributed by atoms with van der Waals surface area (Å²) < 4.78 is 1.79. The summed E-state index contributed by atoms with van der Waals surface area (Å²) in [6.45, 7) is 3.11. The van der Waals surface area contributed by atoms with Crippen LogP contribution < -0.4 is 5.32 Å². The van der Waals surface area contributed by atoms with Gasteiger partial charge in [-0.05, 0) is 11.4 Å². The third-order valence-electron chi connectivity index (χ3n) is 3.21. The number of rotatable bonds is 4. The van der Waals surface area contributed by atoms with Crippen LogP contribution in [0.2, 0.25) is 0 Å². The summed E-state index contributed by atoms with van der Waals surface area (Å²) in [5.41, 5.74) is 0. The van der Waals surface area contributed by atoms with E-state index in [4.69, 9.17) is 0 Å². The minimum absolute atomic E-state index is 0.0901. The van der Waals surface area contributed by atoms with Crippen LogP contribution in [0.25, 0.3) is 0 Å². The second kappa shape index (κ2) is 5.50. The molecule has 6 nitrogen and oxygen atoms in total. The number of carbonyl (C=O) groups excluding carboxylic acids is 1. The standard InChI is InChI=1S/C12H15N5OS/c18-12-11(10-2-1-7-19-10)16(4-3-14-12)5-6-17-9-13-8-15-17/h1-2,7-9,11H,3-6H2,(H,14,18)/t11-/m0/s1. The number of hydrogen-bond acceptors (Lipinski definition) is 5. The topological polar surface area (TPSA) is 63.1 Å². The Kier molecular flexibility index (Phi) is 3.56. The van der Waals surface area contributed by atoms with Gasteiger partial charge in [0.2, 0.25) is 5.91 Å². The fourth-order valence-corrected chi connectivity index (χ4v) is 3.15. The summed E-state index contributed by atoms with van der Waals surface area (Å²) in [5, 5.41) is 9.03. The Labute approximate surface area is 115 Å². The highest BCUT2D eigenvalue weighted by molar-refractivity contribution is 7.10. The predicted molar refractivity (Wildman–Crippen MR) is 71.7 cm³/mol. The molecular weight excluding hydrogens is 262 g/mol. The Morgan fingerprint density at radius 2 is 2.42 bits per heavy atom. The highest BCUT2D eigenvalue weighted by atomic mass is 32.1. The van der Waals surface area contributed by atoms with Crippen molar-refractivity contribution in [2.45, 2.75) is 12.6 Å². The van der Waals surface area contributed by atoms with Crippen LogP contribution in [0.4, 0.5) is 0 Å². The number of hydrogen-bond donors (Lipinski definition) is 1. The number of carbonyl (C=O) groups is 1. The van der Waals surface area contributed by atoms with Crippen molar-refractivity contribution >= 4 is 17.2 Å². The molecule has 0 saturated carbocycles. The molecule has 3 heterocycles. The molecule has 1 fully saturated rings. The van der Waals surface area contributed by atoms with E-state index in [9.17, 15) is 4.79 Å². The average Bonchev–Trinajstić information content (AvgIpc) is 3.09. The molecule has 1 amide bonds. The first kappa shape index (κ1) is 12.3. The van der Waals surface area contributed by atoms with E-state index in [2.05, 4.69) is 20.3 Å². The van der Waals surface area contributed by atoms with Gasteiger partial charge in [0.1, 0.15) is 18.7 Å². The molecular formula is C12H15N5OS. The summed E-state index contributed by atoms with van der Waals surface area (Å²) >= 11 is 1.62. The van der Waals surface area contributed by atoms with Gasteiger partial charge in [-0.15, -0.1) is 11.3 Å². The number of amides is 1. The Hall–Kier alpha value is -1.73. The third-order valence-corrected chi connectivity index (χ3v) is 4.13. The zero-order valence-corrected chi connectivity index (χ0v) is 11.2.